The van der Waals surface area contributed by atoms with Gasteiger partial charge >= 0.3 is 5.97 Å². The highest BCUT2D eigenvalue weighted by Crippen LogP contribution is 2.52. The molecule has 96 valence electrons. The third kappa shape index (κ3) is 1.30. The molecule has 1 unspecified atom stereocenters. The molecular weight excluding hydrogens is 296 g/mol. The number of benzene rings is 1. The topological polar surface area (TPSA) is 64.3 Å². The molecule has 0 amide bonds. The normalized spacial score (nSPS) is 27.7. The Morgan fingerprint density at radius 2 is 2.22 bits per heavy atom. The van der Waals surface area contributed by atoms with E-state index in [4.69, 9.17) is 10.5 Å². The lowest BCUT2D eigenvalue weighted by Gasteiger charge is -2.48. The molecule has 1 aromatic rings. The smallest absolute Gasteiger partial charge is 0.331 e. The van der Waals surface area contributed by atoms with Gasteiger partial charge in [0.05, 0.1) is 7.11 Å². The minimum absolute atomic E-state index is 0.233. The highest BCUT2D eigenvalue weighted by molar-refractivity contribution is 9.10. The number of fused-ring (bicyclic) bond motifs is 1. The van der Waals surface area contributed by atoms with E-state index in [1.807, 2.05) is 18.2 Å². The lowest BCUT2D eigenvalue weighted by molar-refractivity contribution is -0.155. The Balaban J connectivity index is 2.19. The lowest BCUT2D eigenvalue weighted by Crippen LogP contribution is -2.69. The van der Waals surface area contributed by atoms with Crippen LogP contribution in [0.1, 0.15) is 11.1 Å². The molecule has 1 aromatic carbocycles. The first kappa shape index (κ1) is 12.1. The summed E-state index contributed by atoms with van der Waals surface area (Å²) in [7, 11) is 1.40. The molecule has 0 radical (unpaired) electrons. The average Bonchev–Trinajstić information content (AvgIpc) is 2.59. The minimum atomic E-state index is -1.04. The number of carbonyl (C=O) groups excluding carboxylic acids is 1. The number of methoxy groups -OCH3 is 1. The molecule has 3 rings (SSSR count). The van der Waals surface area contributed by atoms with Crippen LogP contribution < -0.4 is 11.1 Å². The van der Waals surface area contributed by atoms with Gasteiger partial charge in [0, 0.05) is 23.0 Å². The molecule has 1 atom stereocenters. The number of nitrogens with one attached hydrogen (secondary N) is 1. The van der Waals surface area contributed by atoms with Crippen molar-refractivity contribution in [2.75, 3.05) is 20.2 Å². The molecule has 1 fully saturated rings. The highest BCUT2D eigenvalue weighted by atomic mass is 79.9. The zero-order chi connectivity index (χ0) is 13.0. The van der Waals surface area contributed by atoms with E-state index in [9.17, 15) is 4.79 Å². The molecule has 1 spiro atoms. The standard InChI is InChI=1S/C13H15BrN2O2/c1-18-11(17)13(15)10-4-9(14)3-2-8(10)5-12(13)6-16-7-12/h2-4,16H,5-7,15H2,1H3. The summed E-state index contributed by atoms with van der Waals surface area (Å²) in [4.78, 5) is 12.2. The number of nitrogens with two attached hydrogens (primary N) is 1. The number of rotatable bonds is 1. The molecule has 3 N–H and O–H groups in total. The summed E-state index contributed by atoms with van der Waals surface area (Å²) in [6.07, 6.45) is 0.828. The minimum Gasteiger partial charge on any atom is -0.467 e. The van der Waals surface area contributed by atoms with Crippen molar-refractivity contribution in [3.05, 3.63) is 33.8 Å². The van der Waals surface area contributed by atoms with E-state index in [2.05, 4.69) is 21.2 Å². The van der Waals surface area contributed by atoms with Gasteiger partial charge in [-0.1, -0.05) is 22.0 Å². The van der Waals surface area contributed by atoms with Gasteiger partial charge in [0.1, 0.15) is 5.54 Å². The molecular formula is C13H15BrN2O2. The summed E-state index contributed by atoms with van der Waals surface area (Å²) < 4.78 is 5.89. The number of esters is 1. The first-order chi connectivity index (χ1) is 8.53. The molecule has 0 aromatic heterocycles. The first-order valence-corrected chi connectivity index (χ1v) is 6.70. The number of hydrogen-bond donors (Lipinski definition) is 2. The van der Waals surface area contributed by atoms with Crippen LogP contribution >= 0.6 is 15.9 Å². The van der Waals surface area contributed by atoms with Crippen LogP contribution in [0.2, 0.25) is 0 Å². The van der Waals surface area contributed by atoms with Gasteiger partial charge in [-0.3, -0.25) is 0 Å². The van der Waals surface area contributed by atoms with Crippen molar-refractivity contribution in [1.29, 1.82) is 0 Å². The fourth-order valence-electron chi connectivity index (χ4n) is 3.18. The van der Waals surface area contributed by atoms with Crippen LogP contribution in [0.4, 0.5) is 0 Å². The van der Waals surface area contributed by atoms with Gasteiger partial charge in [0.15, 0.2) is 0 Å². The van der Waals surface area contributed by atoms with Crippen molar-refractivity contribution in [2.45, 2.75) is 12.0 Å². The van der Waals surface area contributed by atoms with Gasteiger partial charge in [-0.25, -0.2) is 4.79 Å². The second kappa shape index (κ2) is 3.79. The predicted octanol–water partition coefficient (Wildman–Crippen LogP) is 0.922. The van der Waals surface area contributed by atoms with Gasteiger partial charge in [0.25, 0.3) is 0 Å². The molecule has 0 saturated carbocycles. The Labute approximate surface area is 114 Å². The van der Waals surface area contributed by atoms with Gasteiger partial charge in [-0.2, -0.15) is 0 Å². The van der Waals surface area contributed by atoms with Gasteiger partial charge < -0.3 is 15.8 Å². The fraction of sp³-hybridized carbons (Fsp3) is 0.462. The summed E-state index contributed by atoms with van der Waals surface area (Å²) in [6.45, 7) is 1.51. The first-order valence-electron chi connectivity index (χ1n) is 5.90. The van der Waals surface area contributed by atoms with E-state index in [-0.39, 0.29) is 11.4 Å². The van der Waals surface area contributed by atoms with Gasteiger partial charge in [0.2, 0.25) is 0 Å². The van der Waals surface area contributed by atoms with Crippen molar-refractivity contribution in [2.24, 2.45) is 11.1 Å². The van der Waals surface area contributed by atoms with E-state index >= 15 is 0 Å². The molecule has 1 heterocycles. The van der Waals surface area contributed by atoms with Crippen LogP contribution in [-0.2, 0) is 21.5 Å². The number of hydrogen-bond acceptors (Lipinski definition) is 4. The van der Waals surface area contributed by atoms with E-state index in [0.717, 1.165) is 35.1 Å². The SMILES string of the molecule is COC(=O)C1(N)c2cc(Br)ccc2CC12CNC2. The highest BCUT2D eigenvalue weighted by Gasteiger charge is 2.63. The molecule has 2 aliphatic rings. The fourth-order valence-corrected chi connectivity index (χ4v) is 3.54. The Morgan fingerprint density at radius 3 is 2.78 bits per heavy atom. The van der Waals surface area contributed by atoms with Crippen LogP contribution in [0.5, 0.6) is 0 Å². The van der Waals surface area contributed by atoms with E-state index in [1.165, 1.54) is 7.11 Å². The Morgan fingerprint density at radius 1 is 1.50 bits per heavy atom. The maximum absolute atomic E-state index is 12.2. The Kier molecular flexibility index (Phi) is 2.56. The van der Waals surface area contributed by atoms with Crippen LogP contribution in [-0.4, -0.2) is 26.2 Å². The second-order valence-electron chi connectivity index (χ2n) is 5.16. The predicted molar refractivity (Wildman–Crippen MR) is 71.0 cm³/mol. The van der Waals surface area contributed by atoms with Crippen LogP contribution in [0.3, 0.4) is 0 Å². The van der Waals surface area contributed by atoms with Gasteiger partial charge in [-0.15, -0.1) is 0 Å². The number of halogens is 1. The molecule has 5 heteroatoms. The zero-order valence-corrected chi connectivity index (χ0v) is 11.7. The Bertz CT molecular complexity index is 528. The maximum atomic E-state index is 12.2. The number of ether oxygens (including phenoxy) is 1. The van der Waals surface area contributed by atoms with Gasteiger partial charge in [-0.05, 0) is 29.7 Å². The molecule has 1 saturated heterocycles. The summed E-state index contributed by atoms with van der Waals surface area (Å²) in [5.74, 6) is -0.346. The third-order valence-corrected chi connectivity index (χ3v) is 4.79. The van der Waals surface area contributed by atoms with Crippen molar-refractivity contribution in [1.82, 2.24) is 5.32 Å². The van der Waals surface area contributed by atoms with Crippen LogP contribution in [0.15, 0.2) is 22.7 Å². The van der Waals surface area contributed by atoms with E-state index in [1.54, 1.807) is 0 Å². The molecule has 18 heavy (non-hydrogen) atoms. The summed E-state index contributed by atoms with van der Waals surface area (Å²) in [5, 5.41) is 3.23. The molecule has 1 aliphatic heterocycles. The van der Waals surface area contributed by atoms with Crippen molar-refractivity contribution >= 4 is 21.9 Å². The summed E-state index contributed by atoms with van der Waals surface area (Å²) in [5.41, 5.74) is 7.27. The molecule has 4 nitrogen and oxygen atoms in total. The van der Waals surface area contributed by atoms with Crippen molar-refractivity contribution in [3.63, 3.8) is 0 Å². The van der Waals surface area contributed by atoms with E-state index in [0.29, 0.717) is 0 Å². The molecule has 1 aliphatic carbocycles. The van der Waals surface area contributed by atoms with Crippen LogP contribution in [0.25, 0.3) is 0 Å². The average molecular weight is 311 g/mol. The van der Waals surface area contributed by atoms with Crippen LogP contribution in [0, 0.1) is 5.41 Å². The largest absolute Gasteiger partial charge is 0.467 e. The lowest BCUT2D eigenvalue weighted by atomic mass is 9.66. The second-order valence-corrected chi connectivity index (χ2v) is 6.08. The summed E-state index contributed by atoms with van der Waals surface area (Å²) >= 11 is 3.44. The quantitative estimate of drug-likeness (QED) is 0.757. The summed E-state index contributed by atoms with van der Waals surface area (Å²) in [6, 6.07) is 5.97. The van der Waals surface area contributed by atoms with Crippen molar-refractivity contribution < 1.29 is 9.53 Å². The Hall–Kier alpha value is -0.910. The zero-order valence-electron chi connectivity index (χ0n) is 10.1. The maximum Gasteiger partial charge on any atom is 0.331 e. The van der Waals surface area contributed by atoms with Crippen molar-refractivity contribution in [3.8, 4) is 0 Å². The van der Waals surface area contributed by atoms with E-state index < -0.39 is 5.54 Å². The molecule has 0 bridgehead atoms. The number of carbonyl (C=O) groups is 1. The monoisotopic (exact) mass is 310 g/mol. The third-order valence-electron chi connectivity index (χ3n) is 4.30.